The molecule has 1 aromatic carbocycles. The van der Waals surface area contributed by atoms with E-state index >= 15 is 0 Å². The summed E-state index contributed by atoms with van der Waals surface area (Å²) in [5.41, 5.74) is 7.42. The number of benzene rings is 1. The van der Waals surface area contributed by atoms with E-state index in [2.05, 4.69) is 22.4 Å². The van der Waals surface area contributed by atoms with Gasteiger partial charge in [0.2, 0.25) is 0 Å². The van der Waals surface area contributed by atoms with E-state index in [0.717, 1.165) is 38.2 Å². The zero-order chi connectivity index (χ0) is 14.9. The van der Waals surface area contributed by atoms with Crippen molar-refractivity contribution in [1.82, 2.24) is 20.2 Å². The zero-order valence-corrected chi connectivity index (χ0v) is 12.7. The molecule has 112 valence electrons. The van der Waals surface area contributed by atoms with E-state index in [1.54, 1.807) is 12.1 Å². The van der Waals surface area contributed by atoms with E-state index in [0.29, 0.717) is 16.5 Å². The topological polar surface area (TPSA) is 78.9 Å². The Morgan fingerprint density at radius 2 is 2.14 bits per heavy atom. The van der Waals surface area contributed by atoms with Crippen molar-refractivity contribution < 1.29 is 4.74 Å². The molecule has 1 aliphatic heterocycles. The maximum Gasteiger partial charge on any atom is 0.182 e. The van der Waals surface area contributed by atoms with E-state index < -0.39 is 0 Å². The zero-order valence-electron chi connectivity index (χ0n) is 11.9. The first-order valence-electron chi connectivity index (χ1n) is 6.97. The molecule has 21 heavy (non-hydrogen) atoms. The number of ether oxygens (including phenoxy) is 1. The van der Waals surface area contributed by atoms with Gasteiger partial charge in [-0.15, -0.1) is 5.10 Å². The van der Waals surface area contributed by atoms with E-state index in [-0.39, 0.29) is 5.41 Å². The van der Waals surface area contributed by atoms with Crippen molar-refractivity contribution in [3.8, 4) is 11.4 Å². The first kappa shape index (κ1) is 14.3. The van der Waals surface area contributed by atoms with Crippen molar-refractivity contribution in [3.05, 3.63) is 23.2 Å². The van der Waals surface area contributed by atoms with Gasteiger partial charge < -0.3 is 10.5 Å². The highest BCUT2D eigenvalue weighted by molar-refractivity contribution is 6.33. The summed E-state index contributed by atoms with van der Waals surface area (Å²) in [4.78, 5) is 0. The fraction of sp³-hybridized carbons (Fsp3) is 0.500. The smallest absolute Gasteiger partial charge is 0.182 e. The second-order valence-electron chi connectivity index (χ2n) is 5.82. The average Bonchev–Trinajstić information content (AvgIpc) is 2.90. The lowest BCUT2D eigenvalue weighted by Gasteiger charge is -2.33. The summed E-state index contributed by atoms with van der Waals surface area (Å²) in [7, 11) is 0. The molecule has 0 bridgehead atoms. The Balaban J connectivity index is 1.88. The minimum atomic E-state index is 0.153. The van der Waals surface area contributed by atoms with Crippen LogP contribution in [-0.2, 0) is 11.3 Å². The van der Waals surface area contributed by atoms with Crippen molar-refractivity contribution in [3.63, 3.8) is 0 Å². The van der Waals surface area contributed by atoms with Gasteiger partial charge in [-0.2, -0.15) is 0 Å². The van der Waals surface area contributed by atoms with Crippen LogP contribution in [0.1, 0.15) is 19.8 Å². The van der Waals surface area contributed by atoms with E-state index in [4.69, 9.17) is 22.1 Å². The third kappa shape index (κ3) is 3.01. The number of tetrazole rings is 1. The molecule has 0 saturated carbocycles. The normalized spacial score (nSPS) is 17.8. The second kappa shape index (κ2) is 5.61. The van der Waals surface area contributed by atoms with Gasteiger partial charge in [-0.05, 0) is 46.9 Å². The van der Waals surface area contributed by atoms with Crippen LogP contribution in [0.25, 0.3) is 11.4 Å². The number of nitrogens with two attached hydrogens (primary N) is 1. The molecule has 2 aromatic rings. The highest BCUT2D eigenvalue weighted by Gasteiger charge is 2.29. The molecule has 0 radical (unpaired) electrons. The molecule has 6 nitrogen and oxygen atoms in total. The van der Waals surface area contributed by atoms with Crippen molar-refractivity contribution in [1.29, 1.82) is 0 Å². The Morgan fingerprint density at radius 1 is 1.38 bits per heavy atom. The standard InChI is InChI=1S/C14H18ClN5O/c1-14(4-6-21-7-5-14)9-20-13(17-18-19-20)10-2-3-11(15)12(16)8-10/h2-3,8H,4-7,9,16H2,1H3. The molecule has 1 aromatic heterocycles. The molecule has 1 aliphatic rings. The quantitative estimate of drug-likeness (QED) is 0.881. The molecule has 7 heteroatoms. The number of anilines is 1. The van der Waals surface area contributed by atoms with Gasteiger partial charge in [0.15, 0.2) is 5.82 Å². The van der Waals surface area contributed by atoms with Gasteiger partial charge in [-0.3, -0.25) is 0 Å². The summed E-state index contributed by atoms with van der Waals surface area (Å²) in [5, 5.41) is 12.6. The van der Waals surface area contributed by atoms with Crippen molar-refractivity contribution in [2.24, 2.45) is 5.41 Å². The van der Waals surface area contributed by atoms with E-state index in [9.17, 15) is 0 Å². The fourth-order valence-electron chi connectivity index (χ4n) is 2.58. The van der Waals surface area contributed by atoms with Crippen LogP contribution < -0.4 is 5.73 Å². The molecule has 0 amide bonds. The molecule has 0 aliphatic carbocycles. The lowest BCUT2D eigenvalue weighted by atomic mass is 9.82. The number of hydrogen-bond donors (Lipinski definition) is 1. The van der Waals surface area contributed by atoms with Crippen LogP contribution in [0.5, 0.6) is 0 Å². The van der Waals surface area contributed by atoms with Crippen LogP contribution in [0.2, 0.25) is 5.02 Å². The minimum absolute atomic E-state index is 0.153. The van der Waals surface area contributed by atoms with Crippen LogP contribution in [-0.4, -0.2) is 33.4 Å². The van der Waals surface area contributed by atoms with Gasteiger partial charge in [-0.1, -0.05) is 18.5 Å². The van der Waals surface area contributed by atoms with Crippen LogP contribution in [0.4, 0.5) is 5.69 Å². The van der Waals surface area contributed by atoms with Crippen molar-refractivity contribution in [2.75, 3.05) is 18.9 Å². The predicted octanol–water partition coefficient (Wildman–Crippen LogP) is 2.39. The Bertz CT molecular complexity index is 636. The SMILES string of the molecule is CC1(Cn2nnnc2-c2ccc(Cl)c(N)c2)CCOCC1. The van der Waals surface area contributed by atoms with Gasteiger partial charge in [0.25, 0.3) is 0 Å². The Hall–Kier alpha value is -1.66. The number of nitrogen functional groups attached to an aromatic ring is 1. The summed E-state index contributed by atoms with van der Waals surface area (Å²) in [6.07, 6.45) is 2.02. The monoisotopic (exact) mass is 307 g/mol. The van der Waals surface area contributed by atoms with Crippen molar-refractivity contribution >= 4 is 17.3 Å². The minimum Gasteiger partial charge on any atom is -0.398 e. The Morgan fingerprint density at radius 3 is 2.86 bits per heavy atom. The van der Waals surface area contributed by atoms with E-state index in [1.807, 2.05) is 10.7 Å². The highest BCUT2D eigenvalue weighted by Crippen LogP contribution is 2.33. The summed E-state index contributed by atoms with van der Waals surface area (Å²) in [6.45, 7) is 4.60. The van der Waals surface area contributed by atoms with Crippen LogP contribution >= 0.6 is 11.6 Å². The molecule has 2 N–H and O–H groups in total. The van der Waals surface area contributed by atoms with Gasteiger partial charge >= 0.3 is 0 Å². The molecule has 0 unspecified atom stereocenters. The molecular weight excluding hydrogens is 290 g/mol. The number of rotatable bonds is 3. The van der Waals surface area contributed by atoms with Crippen LogP contribution in [0.15, 0.2) is 18.2 Å². The molecular formula is C14H18ClN5O. The largest absolute Gasteiger partial charge is 0.398 e. The molecule has 3 rings (SSSR count). The Labute approximate surface area is 128 Å². The average molecular weight is 308 g/mol. The molecule has 1 saturated heterocycles. The van der Waals surface area contributed by atoms with Crippen LogP contribution in [0, 0.1) is 5.41 Å². The number of hydrogen-bond acceptors (Lipinski definition) is 5. The van der Waals surface area contributed by atoms with Gasteiger partial charge in [0.05, 0.1) is 17.3 Å². The number of halogens is 1. The first-order chi connectivity index (χ1) is 10.1. The lowest BCUT2D eigenvalue weighted by molar-refractivity contribution is 0.0138. The fourth-order valence-corrected chi connectivity index (χ4v) is 2.70. The maximum atomic E-state index is 5.96. The van der Waals surface area contributed by atoms with Crippen molar-refractivity contribution in [2.45, 2.75) is 26.3 Å². The van der Waals surface area contributed by atoms with Gasteiger partial charge in [0.1, 0.15) is 0 Å². The predicted molar refractivity (Wildman–Crippen MR) is 80.8 cm³/mol. The maximum absolute atomic E-state index is 5.96. The summed E-state index contributed by atoms with van der Waals surface area (Å²) < 4.78 is 7.28. The molecule has 0 atom stereocenters. The summed E-state index contributed by atoms with van der Waals surface area (Å²) >= 11 is 5.96. The second-order valence-corrected chi connectivity index (χ2v) is 6.23. The summed E-state index contributed by atoms with van der Waals surface area (Å²) in [5.74, 6) is 0.714. The van der Waals surface area contributed by atoms with Gasteiger partial charge in [0, 0.05) is 18.8 Å². The van der Waals surface area contributed by atoms with Crippen LogP contribution in [0.3, 0.4) is 0 Å². The molecule has 1 fully saturated rings. The first-order valence-corrected chi connectivity index (χ1v) is 7.35. The molecule has 0 spiro atoms. The Kier molecular flexibility index (Phi) is 3.82. The third-order valence-electron chi connectivity index (χ3n) is 4.02. The molecule has 2 heterocycles. The van der Waals surface area contributed by atoms with E-state index in [1.165, 1.54) is 0 Å². The summed E-state index contributed by atoms with van der Waals surface area (Å²) in [6, 6.07) is 5.45. The third-order valence-corrected chi connectivity index (χ3v) is 4.36. The number of aromatic nitrogens is 4. The highest BCUT2D eigenvalue weighted by atomic mass is 35.5. The van der Waals surface area contributed by atoms with Gasteiger partial charge in [-0.25, -0.2) is 4.68 Å². The number of nitrogens with zero attached hydrogens (tertiary/aromatic N) is 4. The lowest BCUT2D eigenvalue weighted by Crippen LogP contribution is -2.31.